The number of primary amides is 1. The van der Waals surface area contributed by atoms with Crippen molar-refractivity contribution in [2.75, 3.05) is 26.5 Å². The van der Waals surface area contributed by atoms with E-state index in [-0.39, 0.29) is 40.3 Å². The van der Waals surface area contributed by atoms with Crippen LogP contribution in [0.5, 0.6) is 5.75 Å². The summed E-state index contributed by atoms with van der Waals surface area (Å²) >= 11 is 6.23. The number of likely N-dealkylation sites (N-methyl/N-ethyl adjacent to an activating group) is 1. The third kappa shape index (κ3) is 3.36. The van der Waals surface area contributed by atoms with Crippen molar-refractivity contribution < 1.29 is 44.3 Å². The van der Waals surface area contributed by atoms with Gasteiger partial charge in [-0.1, -0.05) is 11.6 Å². The molecule has 0 aromatic heterocycles. The average molecular weight is 522 g/mol. The van der Waals surface area contributed by atoms with E-state index in [0.29, 0.717) is 0 Å². The fraction of sp³-hybridized carbons (Fsp3) is 0.391. The lowest BCUT2D eigenvalue weighted by molar-refractivity contribution is -0.153. The minimum absolute atomic E-state index is 0.0397. The lowest BCUT2D eigenvalue weighted by atomic mass is 9.57. The van der Waals surface area contributed by atoms with E-state index in [4.69, 9.17) is 17.3 Å². The highest BCUT2D eigenvalue weighted by molar-refractivity contribution is 6.34. The molecule has 3 aliphatic carbocycles. The Morgan fingerprint density at radius 1 is 1.25 bits per heavy atom. The number of phenols is 1. The maximum Gasteiger partial charge on any atom is 0.411 e. The minimum atomic E-state index is -2.74. The zero-order chi connectivity index (χ0) is 26.9. The zero-order valence-electron chi connectivity index (χ0n) is 19.5. The van der Waals surface area contributed by atoms with Gasteiger partial charge >= 0.3 is 6.09 Å². The molecule has 13 heteroatoms. The van der Waals surface area contributed by atoms with Crippen LogP contribution in [-0.2, 0) is 25.5 Å². The summed E-state index contributed by atoms with van der Waals surface area (Å²) in [5.74, 6) is -7.72. The number of rotatable bonds is 3. The average Bonchev–Trinajstić information content (AvgIpc) is 2.78. The van der Waals surface area contributed by atoms with Crippen molar-refractivity contribution in [1.29, 1.82) is 0 Å². The lowest BCUT2D eigenvalue weighted by Gasteiger charge is -2.50. The quantitative estimate of drug-likeness (QED) is 0.244. The summed E-state index contributed by atoms with van der Waals surface area (Å²) in [5, 5.41) is 46.4. The predicted octanol–water partition coefficient (Wildman–Crippen LogP) is 0.796. The lowest BCUT2D eigenvalue weighted by Crippen LogP contribution is -2.65. The number of carbonyl (C=O) groups excluding carboxylic acids is 4. The molecule has 2 unspecified atom stereocenters. The summed E-state index contributed by atoms with van der Waals surface area (Å²) in [4.78, 5) is 52.1. The molecule has 4 rings (SSSR count). The molecule has 4 atom stereocenters. The maximum atomic E-state index is 13.7. The molecule has 1 aromatic carbocycles. The van der Waals surface area contributed by atoms with Crippen LogP contribution < -0.4 is 11.1 Å². The van der Waals surface area contributed by atoms with Gasteiger partial charge < -0.3 is 30.9 Å². The van der Waals surface area contributed by atoms with Crippen molar-refractivity contribution in [2.24, 2.45) is 17.6 Å². The number of aliphatic hydroxyl groups is 3. The van der Waals surface area contributed by atoms with Crippen molar-refractivity contribution >= 4 is 46.6 Å². The SMILES string of the molecule is COC(=O)Nc1c(Cl)cc(O)c2c1CC1CC3[C@H](N(C)C)C(=O)C(C(N)=O)=C(O)[C@@]3(O)C(=O)C1=C2O. The molecule has 0 radical (unpaired) electrons. The number of nitrogens with one attached hydrogen (secondary N) is 1. The van der Waals surface area contributed by atoms with Gasteiger partial charge in [-0.05, 0) is 38.4 Å². The topological polar surface area (TPSA) is 200 Å². The van der Waals surface area contributed by atoms with E-state index in [0.717, 1.165) is 13.2 Å². The van der Waals surface area contributed by atoms with Crippen molar-refractivity contribution in [3.8, 4) is 5.75 Å². The number of anilines is 1. The standard InChI is InChI=1S/C23H24ClN3O9/c1-27(2)16-9-5-7-4-8-13(11(28)6-10(24)15(8)26-22(34)36-3)17(29)12(7)19(31)23(9,35)20(32)14(18(16)30)21(25)33/h6-7,9,16,28-29,32,35H,4-5H2,1-3H3,(H2,25,33)(H,26,34)/t7?,9?,16-,23-/m0/s1. The third-order valence-corrected chi connectivity index (χ3v) is 7.39. The Bertz CT molecular complexity index is 1300. The summed E-state index contributed by atoms with van der Waals surface area (Å²) in [5.41, 5.74) is 1.38. The van der Waals surface area contributed by atoms with Gasteiger partial charge in [0.2, 0.25) is 5.78 Å². The zero-order valence-corrected chi connectivity index (χ0v) is 20.2. The number of nitrogens with zero attached hydrogens (tertiary/aromatic N) is 1. The van der Waals surface area contributed by atoms with Gasteiger partial charge in [-0.15, -0.1) is 0 Å². The number of methoxy groups -OCH3 is 1. The minimum Gasteiger partial charge on any atom is -0.508 e. The van der Waals surface area contributed by atoms with Crippen LogP contribution in [0.1, 0.15) is 17.5 Å². The smallest absolute Gasteiger partial charge is 0.411 e. The molecule has 36 heavy (non-hydrogen) atoms. The summed E-state index contributed by atoms with van der Waals surface area (Å²) in [6, 6.07) is -0.153. The molecule has 0 bridgehead atoms. The van der Waals surface area contributed by atoms with Gasteiger partial charge in [-0.3, -0.25) is 24.6 Å². The number of benzene rings is 1. The molecular weight excluding hydrogens is 498 g/mol. The number of aromatic hydroxyl groups is 1. The molecule has 1 fully saturated rings. The fourth-order valence-corrected chi connectivity index (χ4v) is 5.84. The molecule has 0 spiro atoms. The number of phenolic OH excluding ortho intramolecular Hbond substituents is 1. The van der Waals surface area contributed by atoms with E-state index in [1.54, 1.807) is 0 Å². The third-order valence-electron chi connectivity index (χ3n) is 7.09. The van der Waals surface area contributed by atoms with Crippen LogP contribution in [0.2, 0.25) is 5.02 Å². The van der Waals surface area contributed by atoms with Gasteiger partial charge in [-0.25, -0.2) is 4.79 Å². The molecule has 3 aliphatic rings. The Hall–Kier alpha value is -3.61. The molecule has 2 amide bonds. The van der Waals surface area contributed by atoms with Crippen molar-refractivity contribution in [2.45, 2.75) is 24.5 Å². The summed E-state index contributed by atoms with van der Waals surface area (Å²) in [7, 11) is 4.14. The monoisotopic (exact) mass is 521 g/mol. The number of ether oxygens (including phenoxy) is 1. The van der Waals surface area contributed by atoms with Gasteiger partial charge in [0, 0.05) is 17.6 Å². The van der Waals surface area contributed by atoms with Crippen molar-refractivity contribution in [3.05, 3.63) is 39.1 Å². The molecule has 0 aliphatic heterocycles. The van der Waals surface area contributed by atoms with Gasteiger partial charge in [0.1, 0.15) is 22.8 Å². The molecule has 0 saturated heterocycles. The van der Waals surface area contributed by atoms with Gasteiger partial charge in [0.05, 0.1) is 29.4 Å². The number of nitrogens with two attached hydrogens (primary N) is 1. The first-order chi connectivity index (χ1) is 16.8. The van der Waals surface area contributed by atoms with E-state index < -0.39 is 69.9 Å². The van der Waals surface area contributed by atoms with E-state index >= 15 is 0 Å². The largest absolute Gasteiger partial charge is 0.508 e. The predicted molar refractivity (Wildman–Crippen MR) is 125 cm³/mol. The number of ketones is 2. The van der Waals surface area contributed by atoms with E-state index in [2.05, 4.69) is 10.1 Å². The van der Waals surface area contributed by atoms with E-state index in [1.165, 1.54) is 19.0 Å². The first-order valence-electron chi connectivity index (χ1n) is 10.8. The van der Waals surface area contributed by atoms with Crippen LogP contribution in [-0.4, -0.2) is 81.7 Å². The summed E-state index contributed by atoms with van der Waals surface area (Å²) in [6.07, 6.45) is -1.01. The normalized spacial score (nSPS) is 27.4. The number of Topliss-reactive ketones (excluding diaryl/α,β-unsaturated/α-hetero) is 2. The molecule has 7 N–H and O–H groups in total. The number of hydrogen-bond acceptors (Lipinski definition) is 10. The second kappa shape index (κ2) is 8.50. The maximum absolute atomic E-state index is 13.7. The summed E-state index contributed by atoms with van der Waals surface area (Å²) < 4.78 is 4.61. The van der Waals surface area contributed by atoms with Gasteiger partial charge in [0.25, 0.3) is 5.91 Å². The van der Waals surface area contributed by atoms with Gasteiger partial charge in [0.15, 0.2) is 11.4 Å². The van der Waals surface area contributed by atoms with Crippen LogP contribution in [0.15, 0.2) is 23.0 Å². The molecule has 12 nitrogen and oxygen atoms in total. The molecule has 192 valence electrons. The summed E-state index contributed by atoms with van der Waals surface area (Å²) in [6.45, 7) is 0. The van der Waals surface area contributed by atoms with Gasteiger partial charge in [-0.2, -0.15) is 0 Å². The Labute approximate surface area is 209 Å². The Balaban J connectivity index is 1.97. The molecule has 1 aromatic rings. The first-order valence-corrected chi connectivity index (χ1v) is 11.2. The number of aliphatic hydroxyl groups excluding tert-OH is 2. The second-order valence-corrected chi connectivity index (χ2v) is 9.59. The van der Waals surface area contributed by atoms with Crippen LogP contribution in [0, 0.1) is 11.8 Å². The van der Waals surface area contributed by atoms with Crippen molar-refractivity contribution in [1.82, 2.24) is 4.90 Å². The second-order valence-electron chi connectivity index (χ2n) is 9.18. The molecule has 1 saturated carbocycles. The number of amides is 2. The Kier molecular flexibility index (Phi) is 6.02. The number of carbonyl (C=O) groups is 4. The number of hydrogen-bond donors (Lipinski definition) is 6. The van der Waals surface area contributed by atoms with E-state index in [9.17, 15) is 39.6 Å². The van der Waals surface area contributed by atoms with E-state index in [1.807, 2.05) is 0 Å². The Morgan fingerprint density at radius 3 is 2.44 bits per heavy atom. The number of halogens is 1. The van der Waals surface area contributed by atoms with Crippen LogP contribution in [0.3, 0.4) is 0 Å². The molecular formula is C23H24ClN3O9. The molecule has 0 heterocycles. The highest BCUT2D eigenvalue weighted by atomic mass is 35.5. The first kappa shape index (κ1) is 25.5. The van der Waals surface area contributed by atoms with Crippen LogP contribution in [0.25, 0.3) is 5.76 Å². The highest BCUT2D eigenvalue weighted by Gasteiger charge is 2.64. The van der Waals surface area contributed by atoms with Crippen LogP contribution in [0.4, 0.5) is 10.5 Å². The van der Waals surface area contributed by atoms with Crippen LogP contribution >= 0.6 is 11.6 Å². The number of fused-ring (bicyclic) bond motifs is 3. The Morgan fingerprint density at radius 2 is 1.89 bits per heavy atom. The van der Waals surface area contributed by atoms with Crippen molar-refractivity contribution in [3.63, 3.8) is 0 Å². The fourth-order valence-electron chi connectivity index (χ4n) is 5.58. The highest BCUT2D eigenvalue weighted by Crippen LogP contribution is 2.54.